The molecule has 0 unspecified atom stereocenters. The zero-order chi connectivity index (χ0) is 20.8. The third-order valence-corrected chi connectivity index (χ3v) is 3.08. The molecule has 0 fully saturated rings. The van der Waals surface area contributed by atoms with Gasteiger partial charge in [-0.1, -0.05) is 39.0 Å². The summed E-state index contributed by atoms with van der Waals surface area (Å²) in [6.07, 6.45) is 4.56. The fraction of sp³-hybridized carbons (Fsp3) is 0.375. The molecule has 1 heterocycles. The maximum Gasteiger partial charge on any atom is 3.00 e. The Kier molecular flexibility index (Phi) is 32.3. The Morgan fingerprint density at radius 1 is 0.889 bits per heavy atom. The van der Waals surface area contributed by atoms with Crippen LogP contribution in [-0.4, -0.2) is 42.7 Å². The second-order valence-electron chi connectivity index (χ2n) is 4.29. The van der Waals surface area contributed by atoms with Gasteiger partial charge < -0.3 is 38.1 Å². The molecule has 0 aliphatic carbocycles. The topological polar surface area (TPSA) is 149 Å². The molecule has 2 N–H and O–H groups in total. The van der Waals surface area contributed by atoms with Gasteiger partial charge in [-0.3, -0.25) is 4.98 Å². The zero-order valence-corrected chi connectivity index (χ0v) is 18.9. The van der Waals surface area contributed by atoms with Crippen molar-refractivity contribution in [1.29, 1.82) is 0 Å². The average molecular weight is 537 g/mol. The van der Waals surface area contributed by atoms with Crippen LogP contribution in [0.5, 0.6) is 0 Å². The monoisotopic (exact) mass is 537 g/mol. The normalized spacial score (nSPS) is 11.3. The molecule has 0 atom stereocenters. The Morgan fingerprint density at radius 2 is 1.22 bits per heavy atom. The number of pyridine rings is 1. The summed E-state index contributed by atoms with van der Waals surface area (Å²) in [5.41, 5.74) is 0.903. The maximum absolute atomic E-state index is 9.63. The Hall–Kier alpha value is -1.73. The van der Waals surface area contributed by atoms with Crippen LogP contribution in [0, 0.1) is 17.3 Å². The van der Waals surface area contributed by atoms with Crippen molar-refractivity contribution in [1.82, 2.24) is 4.98 Å². The van der Waals surface area contributed by atoms with Gasteiger partial charge in [0.25, 0.3) is 0 Å². The van der Waals surface area contributed by atoms with Gasteiger partial charge in [-0.25, -0.2) is 0 Å². The van der Waals surface area contributed by atoms with Gasteiger partial charge in [0.15, 0.2) is 0 Å². The molecule has 0 saturated carbocycles. The van der Waals surface area contributed by atoms with Gasteiger partial charge in [0.1, 0.15) is 0 Å². The summed E-state index contributed by atoms with van der Waals surface area (Å²) in [5.74, 6) is 0. The van der Waals surface area contributed by atoms with Crippen molar-refractivity contribution >= 4 is 45.4 Å². The van der Waals surface area contributed by atoms with Gasteiger partial charge in [-0.2, -0.15) is 6.42 Å². The Bertz CT molecular complexity index is 462. The molecule has 0 radical (unpaired) electrons. The van der Waals surface area contributed by atoms with E-state index < -0.39 is 0 Å². The first-order valence-corrected chi connectivity index (χ1v) is 8.80. The van der Waals surface area contributed by atoms with Crippen LogP contribution in [0.1, 0.15) is 34.1 Å². The van der Waals surface area contributed by atoms with Crippen molar-refractivity contribution in [2.24, 2.45) is 20.6 Å². The Balaban J connectivity index is -0.000000133. The van der Waals surface area contributed by atoms with Crippen LogP contribution in [0.25, 0.3) is 0 Å². The van der Waals surface area contributed by atoms with Gasteiger partial charge in [-0.15, -0.1) is 0 Å². The van der Waals surface area contributed by atoms with E-state index in [0.29, 0.717) is 0 Å². The standard InChI is InChI=1S/C5H5N.2C4H8N2O2.C3H6I.Co/c1-2-4-6-5-3-1;2*1-3(5-7)4(2)6-8;1-2-3-4;/h1-5H;2*7-8H,1-2H3;1-3H2;/q;;;-1;+3/p-2/b;2*5-3+,6-4+;;. The van der Waals surface area contributed by atoms with Crippen LogP contribution in [0.15, 0.2) is 51.2 Å². The first-order chi connectivity index (χ1) is 12.4. The summed E-state index contributed by atoms with van der Waals surface area (Å²) < 4.78 is 1.18. The van der Waals surface area contributed by atoms with Crippen molar-refractivity contribution in [3.8, 4) is 0 Å². The number of oxime groups is 2. The summed E-state index contributed by atoms with van der Waals surface area (Å²) in [4.78, 5) is 3.78. The first kappa shape index (κ1) is 32.9. The average Bonchev–Trinajstić information content (AvgIpc) is 2.73. The third-order valence-electron chi connectivity index (χ3n) is 2.32. The van der Waals surface area contributed by atoms with Crippen LogP contribution in [-0.2, 0) is 16.8 Å². The van der Waals surface area contributed by atoms with Crippen molar-refractivity contribution in [3.05, 3.63) is 47.9 Å². The molecule has 0 aliphatic heterocycles. The van der Waals surface area contributed by atoms with E-state index in [1.165, 1.54) is 32.1 Å². The van der Waals surface area contributed by atoms with Crippen LogP contribution in [0.4, 0.5) is 0 Å². The first-order valence-electron chi connectivity index (χ1n) is 7.28. The Labute approximate surface area is 184 Å². The molecule has 0 bridgehead atoms. The van der Waals surface area contributed by atoms with Crippen molar-refractivity contribution in [2.45, 2.75) is 34.1 Å². The van der Waals surface area contributed by atoms with Crippen LogP contribution >= 0.6 is 22.6 Å². The molecule has 1 aromatic rings. The number of alkyl halides is 1. The van der Waals surface area contributed by atoms with Gasteiger partial charge >= 0.3 is 16.8 Å². The fourth-order valence-corrected chi connectivity index (χ4v) is 0.589. The van der Waals surface area contributed by atoms with Crippen LogP contribution < -0.4 is 0 Å². The number of aromatic nitrogens is 1. The van der Waals surface area contributed by atoms with Crippen molar-refractivity contribution < 1.29 is 27.2 Å². The third kappa shape index (κ3) is 26.6. The predicted octanol–water partition coefficient (Wildman–Crippen LogP) is 4.32. The van der Waals surface area contributed by atoms with E-state index >= 15 is 0 Å². The molecular weight excluding hydrogens is 512 g/mol. The molecular formula is C16H25CoIN5O4. The molecule has 1 rings (SSSR count). The summed E-state index contributed by atoms with van der Waals surface area (Å²) in [5, 5.41) is 45.8. The summed E-state index contributed by atoms with van der Waals surface area (Å²) in [6, 6.07) is 5.72. The molecule has 0 aromatic carbocycles. The van der Waals surface area contributed by atoms with E-state index in [2.05, 4.69) is 55.1 Å². The maximum atomic E-state index is 9.63. The molecule has 0 saturated heterocycles. The number of rotatable bonds is 3. The minimum atomic E-state index is 0. The summed E-state index contributed by atoms with van der Waals surface area (Å²) >= 11 is 2.29. The molecule has 27 heavy (non-hydrogen) atoms. The SMILES string of the molecule is CC(=N\[O-])/C(C)=N/O.CC(=N\[O-])/C(C)=N/O.[CH2-]CCI.[Co+3].c1ccncc1. The molecule has 0 spiro atoms. The largest absolute Gasteiger partial charge is 3.00 e. The second-order valence-corrected chi connectivity index (χ2v) is 5.37. The number of hydrogen-bond acceptors (Lipinski definition) is 9. The summed E-state index contributed by atoms with van der Waals surface area (Å²) in [7, 11) is 0. The fourth-order valence-electron chi connectivity index (χ4n) is 0.589. The Morgan fingerprint density at radius 3 is 1.30 bits per heavy atom. The molecule has 1 aromatic heterocycles. The molecule has 11 heteroatoms. The predicted molar refractivity (Wildman–Crippen MR) is 116 cm³/mol. The molecule has 154 valence electrons. The van der Waals surface area contributed by atoms with Crippen LogP contribution in [0.3, 0.4) is 0 Å². The molecule has 0 amide bonds. The van der Waals surface area contributed by atoms with Crippen molar-refractivity contribution in [2.75, 3.05) is 4.43 Å². The van der Waals surface area contributed by atoms with Gasteiger partial charge in [0.05, 0.1) is 22.8 Å². The second kappa shape index (κ2) is 26.5. The van der Waals surface area contributed by atoms with E-state index in [1.807, 2.05) is 18.2 Å². The smallest absolute Gasteiger partial charge is 0.792 e. The van der Waals surface area contributed by atoms with Gasteiger partial charge in [-0.05, 0) is 44.3 Å². The minimum Gasteiger partial charge on any atom is -0.792 e. The number of nitrogens with zero attached hydrogens (tertiary/aromatic N) is 5. The molecule has 0 aliphatic rings. The quantitative estimate of drug-likeness (QED) is 0.147. The minimum absolute atomic E-state index is 0. The van der Waals surface area contributed by atoms with Gasteiger partial charge in [0, 0.05) is 12.4 Å². The molecule has 9 nitrogen and oxygen atoms in total. The van der Waals surface area contributed by atoms with Gasteiger partial charge in [0.2, 0.25) is 0 Å². The zero-order valence-electron chi connectivity index (χ0n) is 15.7. The van der Waals surface area contributed by atoms with Crippen LogP contribution in [0.2, 0.25) is 0 Å². The number of halogens is 1. The van der Waals surface area contributed by atoms with E-state index in [4.69, 9.17) is 10.4 Å². The van der Waals surface area contributed by atoms with E-state index in [9.17, 15) is 10.4 Å². The van der Waals surface area contributed by atoms with E-state index in [1.54, 1.807) is 12.4 Å². The van der Waals surface area contributed by atoms with Crippen molar-refractivity contribution in [3.63, 3.8) is 0 Å². The number of hydrogen-bond donors (Lipinski definition) is 2. The van der Waals surface area contributed by atoms with E-state index in [0.717, 1.165) is 6.42 Å². The summed E-state index contributed by atoms with van der Waals surface area (Å²) in [6.45, 7) is 9.54. The van der Waals surface area contributed by atoms with E-state index in [-0.39, 0.29) is 39.6 Å².